The lowest BCUT2D eigenvalue weighted by Gasteiger charge is -2.24. The Labute approximate surface area is 94.5 Å². The van der Waals surface area contributed by atoms with Crippen LogP contribution in [0, 0.1) is 11.8 Å². The van der Waals surface area contributed by atoms with E-state index in [-0.39, 0.29) is 6.10 Å². The molecule has 0 spiro atoms. The highest BCUT2D eigenvalue weighted by atomic mass is 16.3. The Kier molecular flexibility index (Phi) is 5.62. The van der Waals surface area contributed by atoms with Gasteiger partial charge in [-0.1, -0.05) is 40.0 Å². The van der Waals surface area contributed by atoms with E-state index in [0.717, 1.165) is 25.3 Å². The molecule has 1 rings (SSSR count). The van der Waals surface area contributed by atoms with Gasteiger partial charge in [0.15, 0.2) is 0 Å². The first-order valence-electron chi connectivity index (χ1n) is 6.60. The molecule has 0 aliphatic heterocycles. The van der Waals surface area contributed by atoms with Crippen molar-refractivity contribution in [2.75, 3.05) is 6.54 Å². The van der Waals surface area contributed by atoms with Crippen LogP contribution in [0.5, 0.6) is 0 Å². The third-order valence-electron chi connectivity index (χ3n) is 4.04. The number of nitrogens with one attached hydrogen (secondary N) is 1. The summed E-state index contributed by atoms with van der Waals surface area (Å²) in [4.78, 5) is 0. The summed E-state index contributed by atoms with van der Waals surface area (Å²) in [6.07, 6.45) is 5.99. The zero-order valence-corrected chi connectivity index (χ0v) is 10.5. The monoisotopic (exact) mass is 213 g/mol. The van der Waals surface area contributed by atoms with Crippen molar-refractivity contribution in [1.29, 1.82) is 0 Å². The molecule has 90 valence electrons. The van der Waals surface area contributed by atoms with Crippen LogP contribution in [0.1, 0.15) is 52.9 Å². The molecule has 2 heteroatoms. The van der Waals surface area contributed by atoms with E-state index in [1.165, 1.54) is 19.3 Å². The third kappa shape index (κ3) is 3.76. The molecular formula is C13H27NO. The predicted octanol–water partition coefficient (Wildman–Crippen LogP) is 2.56. The summed E-state index contributed by atoms with van der Waals surface area (Å²) in [6.45, 7) is 7.42. The molecule has 0 radical (unpaired) electrons. The van der Waals surface area contributed by atoms with Crippen molar-refractivity contribution < 1.29 is 5.11 Å². The largest absolute Gasteiger partial charge is 0.392 e. The summed E-state index contributed by atoms with van der Waals surface area (Å²) in [7, 11) is 0. The predicted molar refractivity (Wildman–Crippen MR) is 64.9 cm³/mol. The van der Waals surface area contributed by atoms with Gasteiger partial charge in [-0.15, -0.1) is 0 Å². The first-order chi connectivity index (χ1) is 7.19. The highest BCUT2D eigenvalue weighted by Crippen LogP contribution is 2.25. The van der Waals surface area contributed by atoms with Gasteiger partial charge in [-0.3, -0.25) is 0 Å². The fraction of sp³-hybridized carbons (Fsp3) is 1.00. The van der Waals surface area contributed by atoms with E-state index < -0.39 is 0 Å². The van der Waals surface area contributed by atoms with Gasteiger partial charge in [-0.05, 0) is 24.7 Å². The van der Waals surface area contributed by atoms with E-state index in [1.54, 1.807) is 0 Å². The Balaban J connectivity index is 2.23. The van der Waals surface area contributed by atoms with Crippen molar-refractivity contribution >= 4 is 0 Å². The Morgan fingerprint density at radius 3 is 2.40 bits per heavy atom. The van der Waals surface area contributed by atoms with Crippen LogP contribution >= 0.6 is 0 Å². The molecular weight excluding hydrogens is 186 g/mol. The van der Waals surface area contributed by atoms with E-state index in [2.05, 4.69) is 26.1 Å². The second-order valence-electron chi connectivity index (χ2n) is 5.07. The van der Waals surface area contributed by atoms with E-state index in [4.69, 9.17) is 0 Å². The molecule has 0 bridgehead atoms. The normalized spacial score (nSPS) is 28.6. The van der Waals surface area contributed by atoms with Gasteiger partial charge in [0.05, 0.1) is 6.10 Å². The van der Waals surface area contributed by atoms with Gasteiger partial charge in [0.1, 0.15) is 0 Å². The van der Waals surface area contributed by atoms with Gasteiger partial charge < -0.3 is 10.4 Å². The van der Waals surface area contributed by atoms with Crippen molar-refractivity contribution in [3.63, 3.8) is 0 Å². The smallest absolute Gasteiger partial charge is 0.0692 e. The van der Waals surface area contributed by atoms with Gasteiger partial charge in [0, 0.05) is 12.6 Å². The summed E-state index contributed by atoms with van der Waals surface area (Å²) >= 11 is 0. The van der Waals surface area contributed by atoms with E-state index >= 15 is 0 Å². The van der Waals surface area contributed by atoms with Gasteiger partial charge in [0.2, 0.25) is 0 Å². The molecule has 1 saturated carbocycles. The molecule has 0 amide bonds. The zero-order valence-electron chi connectivity index (χ0n) is 10.5. The lowest BCUT2D eigenvalue weighted by Crippen LogP contribution is -2.39. The maximum atomic E-state index is 9.99. The Bertz CT molecular complexity index is 168. The first kappa shape index (κ1) is 13.0. The molecule has 0 aromatic rings. The molecule has 2 N–H and O–H groups in total. The standard InChI is InChI=1S/C13H27NO/c1-4-11(5-2)13(15)9-14-12-8-6-7-10(12)3/h10-15H,4-9H2,1-3H3. The Morgan fingerprint density at radius 2 is 1.93 bits per heavy atom. The van der Waals surface area contributed by atoms with Crippen molar-refractivity contribution in [2.45, 2.75) is 65.0 Å². The molecule has 2 nitrogen and oxygen atoms in total. The lowest BCUT2D eigenvalue weighted by molar-refractivity contribution is 0.0969. The summed E-state index contributed by atoms with van der Waals surface area (Å²) in [5.74, 6) is 1.26. The maximum absolute atomic E-state index is 9.99. The first-order valence-corrected chi connectivity index (χ1v) is 6.60. The van der Waals surface area contributed by atoms with Crippen LogP contribution < -0.4 is 5.32 Å². The van der Waals surface area contributed by atoms with Crippen molar-refractivity contribution in [3.05, 3.63) is 0 Å². The van der Waals surface area contributed by atoms with Crippen LogP contribution in [0.3, 0.4) is 0 Å². The number of aliphatic hydroxyl groups excluding tert-OH is 1. The summed E-state index contributed by atoms with van der Waals surface area (Å²) < 4.78 is 0. The molecule has 1 aliphatic rings. The van der Waals surface area contributed by atoms with Gasteiger partial charge >= 0.3 is 0 Å². The molecule has 0 aromatic heterocycles. The average Bonchev–Trinajstić information content (AvgIpc) is 2.63. The number of rotatable bonds is 6. The fourth-order valence-electron chi connectivity index (χ4n) is 2.72. The Morgan fingerprint density at radius 1 is 1.27 bits per heavy atom. The van der Waals surface area contributed by atoms with Crippen LogP contribution in [0.25, 0.3) is 0 Å². The van der Waals surface area contributed by atoms with Gasteiger partial charge in [-0.25, -0.2) is 0 Å². The van der Waals surface area contributed by atoms with E-state index in [0.29, 0.717) is 12.0 Å². The van der Waals surface area contributed by atoms with Gasteiger partial charge in [0.25, 0.3) is 0 Å². The minimum Gasteiger partial charge on any atom is -0.392 e. The number of aliphatic hydroxyl groups is 1. The zero-order chi connectivity index (χ0) is 11.3. The van der Waals surface area contributed by atoms with E-state index in [9.17, 15) is 5.11 Å². The molecule has 3 atom stereocenters. The second-order valence-corrected chi connectivity index (χ2v) is 5.07. The minimum atomic E-state index is -0.159. The maximum Gasteiger partial charge on any atom is 0.0692 e. The molecule has 1 fully saturated rings. The van der Waals surface area contributed by atoms with Crippen molar-refractivity contribution in [2.24, 2.45) is 11.8 Å². The number of hydrogen-bond acceptors (Lipinski definition) is 2. The molecule has 0 aromatic carbocycles. The highest BCUT2D eigenvalue weighted by molar-refractivity contribution is 4.81. The number of hydrogen-bond donors (Lipinski definition) is 2. The summed E-state index contributed by atoms with van der Waals surface area (Å²) in [5, 5.41) is 13.5. The van der Waals surface area contributed by atoms with Crippen LogP contribution in [0.2, 0.25) is 0 Å². The van der Waals surface area contributed by atoms with Gasteiger partial charge in [-0.2, -0.15) is 0 Å². The molecule has 15 heavy (non-hydrogen) atoms. The van der Waals surface area contributed by atoms with Crippen LogP contribution in [0.4, 0.5) is 0 Å². The molecule has 3 unspecified atom stereocenters. The van der Waals surface area contributed by atoms with Crippen molar-refractivity contribution in [1.82, 2.24) is 5.32 Å². The van der Waals surface area contributed by atoms with Crippen LogP contribution in [-0.2, 0) is 0 Å². The van der Waals surface area contributed by atoms with Crippen LogP contribution in [-0.4, -0.2) is 23.8 Å². The molecule has 0 heterocycles. The van der Waals surface area contributed by atoms with E-state index in [1.807, 2.05) is 0 Å². The SMILES string of the molecule is CCC(CC)C(O)CNC1CCCC1C. The molecule has 1 aliphatic carbocycles. The molecule has 0 saturated heterocycles. The highest BCUT2D eigenvalue weighted by Gasteiger charge is 2.24. The van der Waals surface area contributed by atoms with Crippen LogP contribution in [0.15, 0.2) is 0 Å². The quantitative estimate of drug-likeness (QED) is 0.711. The minimum absolute atomic E-state index is 0.159. The Hall–Kier alpha value is -0.0800. The lowest BCUT2D eigenvalue weighted by atomic mass is 9.96. The second kappa shape index (κ2) is 6.49. The third-order valence-corrected chi connectivity index (χ3v) is 4.04. The topological polar surface area (TPSA) is 32.3 Å². The summed E-state index contributed by atoms with van der Waals surface area (Å²) in [6, 6.07) is 0.647. The summed E-state index contributed by atoms with van der Waals surface area (Å²) in [5.41, 5.74) is 0. The fourth-order valence-corrected chi connectivity index (χ4v) is 2.72. The van der Waals surface area contributed by atoms with Crippen molar-refractivity contribution in [3.8, 4) is 0 Å². The average molecular weight is 213 g/mol.